The highest BCUT2D eigenvalue weighted by molar-refractivity contribution is 5.48. The minimum Gasteiger partial charge on any atom is -0.393 e. The van der Waals surface area contributed by atoms with Crippen molar-refractivity contribution in [3.05, 3.63) is 81.0 Å². The van der Waals surface area contributed by atoms with Crippen molar-refractivity contribution in [1.82, 2.24) is 20.3 Å². The summed E-state index contributed by atoms with van der Waals surface area (Å²) in [5, 5.41) is 51.8. The Hall–Kier alpha value is -4.58. The van der Waals surface area contributed by atoms with E-state index < -0.39 is 15.7 Å². The van der Waals surface area contributed by atoms with Gasteiger partial charge in [0.2, 0.25) is 0 Å². The van der Waals surface area contributed by atoms with Gasteiger partial charge in [0, 0.05) is 38.3 Å². The van der Waals surface area contributed by atoms with Gasteiger partial charge in [-0.05, 0) is 115 Å². The summed E-state index contributed by atoms with van der Waals surface area (Å²) in [7, 11) is 0. The molecular weight excluding hydrogens is 653 g/mol. The molecule has 0 aliphatic carbocycles. The minimum atomic E-state index is -0.681. The first-order valence-electron chi connectivity index (χ1n) is 16.8. The molecule has 17 heteroatoms. The number of nitrogens with zero attached hydrogens (tertiary/aromatic N) is 7. The first-order valence-corrected chi connectivity index (χ1v) is 16.8. The Labute approximate surface area is 290 Å². The van der Waals surface area contributed by atoms with Gasteiger partial charge in [0.1, 0.15) is 5.82 Å². The number of hydrogen-bond acceptors (Lipinski definition) is 14. The van der Waals surface area contributed by atoms with E-state index in [2.05, 4.69) is 30.1 Å². The molecule has 16 nitrogen and oxygen atoms in total. The molecule has 3 fully saturated rings. The van der Waals surface area contributed by atoms with Crippen molar-refractivity contribution in [3.63, 3.8) is 0 Å². The number of nitrogens with one attached hydrogen (secondary N) is 1. The Bertz CT molecular complexity index is 1410. The van der Waals surface area contributed by atoms with Crippen LogP contribution in [0.3, 0.4) is 0 Å². The lowest BCUT2D eigenvalue weighted by Crippen LogP contribution is -2.24. The number of nitrogen functional groups attached to an aromatic ring is 1. The van der Waals surface area contributed by atoms with E-state index in [-0.39, 0.29) is 29.9 Å². The quantitative estimate of drug-likeness (QED) is 0.193. The van der Waals surface area contributed by atoms with Gasteiger partial charge in [0.25, 0.3) is 0 Å². The number of aromatic nitrogens is 3. The molecule has 6 N–H and O–H groups in total. The van der Waals surface area contributed by atoms with Crippen LogP contribution < -0.4 is 20.9 Å². The molecule has 0 saturated carbocycles. The number of anilines is 3. The minimum absolute atomic E-state index is 0.0370. The monoisotopic (exact) mass is 701 g/mol. The predicted molar refractivity (Wildman–Crippen MR) is 187 cm³/mol. The SMILES string of the molecule is Nc1ccc(N2CCCC(O)CC2)cn1.O=[N+]([O-])c1ccc(F)cn1.O=[N+]([O-])c1ccc(N2CCCC(O)CC2)cn1.OC1CCCNCC1. The van der Waals surface area contributed by atoms with Gasteiger partial charge in [0.05, 0.1) is 35.9 Å². The van der Waals surface area contributed by atoms with E-state index in [0.717, 1.165) is 127 Å². The van der Waals surface area contributed by atoms with Crippen LogP contribution in [-0.4, -0.2) is 97.7 Å². The highest BCUT2D eigenvalue weighted by Gasteiger charge is 2.18. The number of pyridine rings is 3. The second-order valence-electron chi connectivity index (χ2n) is 12.1. The van der Waals surface area contributed by atoms with Crippen LogP contribution in [0.5, 0.6) is 0 Å². The second kappa shape index (κ2) is 21.5. The molecule has 0 bridgehead atoms. The van der Waals surface area contributed by atoms with E-state index in [0.29, 0.717) is 5.82 Å². The number of halogens is 1. The fourth-order valence-corrected chi connectivity index (χ4v) is 5.41. The van der Waals surface area contributed by atoms with Crippen LogP contribution in [-0.2, 0) is 0 Å². The Morgan fingerprint density at radius 2 is 1.16 bits per heavy atom. The van der Waals surface area contributed by atoms with Gasteiger partial charge in [-0.15, -0.1) is 0 Å². The number of nitrogens with two attached hydrogens (primary N) is 1. The topological polar surface area (TPSA) is 230 Å². The van der Waals surface area contributed by atoms with Crippen LogP contribution in [0.1, 0.15) is 57.8 Å². The zero-order valence-corrected chi connectivity index (χ0v) is 28.1. The molecule has 3 aromatic rings. The van der Waals surface area contributed by atoms with Crippen molar-refractivity contribution in [1.29, 1.82) is 0 Å². The normalized spacial score (nSPS) is 20.8. The predicted octanol–water partition coefficient (Wildman–Crippen LogP) is 3.61. The van der Waals surface area contributed by atoms with E-state index in [1.165, 1.54) is 12.3 Å². The zero-order valence-electron chi connectivity index (χ0n) is 28.1. The van der Waals surface area contributed by atoms with Gasteiger partial charge < -0.3 is 56.4 Å². The number of nitro groups is 2. The highest BCUT2D eigenvalue weighted by Crippen LogP contribution is 2.21. The number of hydrogen-bond donors (Lipinski definition) is 5. The van der Waals surface area contributed by atoms with Crippen LogP contribution in [0.2, 0.25) is 0 Å². The summed E-state index contributed by atoms with van der Waals surface area (Å²) in [4.78, 5) is 34.7. The average Bonchev–Trinajstić information content (AvgIpc) is 3.59. The van der Waals surface area contributed by atoms with Crippen molar-refractivity contribution < 1.29 is 29.6 Å². The van der Waals surface area contributed by atoms with Crippen molar-refractivity contribution in [3.8, 4) is 0 Å². The summed E-state index contributed by atoms with van der Waals surface area (Å²) >= 11 is 0. The van der Waals surface area contributed by atoms with Gasteiger partial charge in [-0.1, -0.05) is 0 Å². The van der Waals surface area contributed by atoms with Gasteiger partial charge in [-0.3, -0.25) is 0 Å². The molecule has 3 atom stereocenters. The van der Waals surface area contributed by atoms with Gasteiger partial charge in [-0.2, -0.15) is 0 Å². The lowest BCUT2D eigenvalue weighted by atomic mass is 10.2. The fourth-order valence-electron chi connectivity index (χ4n) is 5.41. The number of aliphatic hydroxyl groups excluding tert-OH is 3. The second-order valence-corrected chi connectivity index (χ2v) is 12.1. The third kappa shape index (κ3) is 14.9. The lowest BCUT2D eigenvalue weighted by Gasteiger charge is -2.22. The fraction of sp³-hybridized carbons (Fsp3) is 0.545. The van der Waals surface area contributed by atoms with Crippen molar-refractivity contribution in [2.75, 3.05) is 54.8 Å². The summed E-state index contributed by atoms with van der Waals surface area (Å²) in [6, 6.07) is 8.93. The van der Waals surface area contributed by atoms with E-state index in [9.17, 15) is 34.8 Å². The van der Waals surface area contributed by atoms with Gasteiger partial charge in [-0.25, -0.2) is 9.37 Å². The molecule has 3 saturated heterocycles. The highest BCUT2D eigenvalue weighted by atomic mass is 19.1. The molecular formula is C33H48FN9O7. The molecule has 274 valence electrons. The summed E-state index contributed by atoms with van der Waals surface area (Å²) in [6.07, 6.45) is 12.0. The Morgan fingerprint density at radius 3 is 1.64 bits per heavy atom. The molecule has 0 spiro atoms. The molecule has 3 unspecified atom stereocenters. The Kier molecular flexibility index (Phi) is 17.1. The Morgan fingerprint density at radius 1 is 0.660 bits per heavy atom. The van der Waals surface area contributed by atoms with Crippen LogP contribution in [0.4, 0.5) is 33.2 Å². The molecule has 50 heavy (non-hydrogen) atoms. The smallest absolute Gasteiger partial charge is 0.363 e. The maximum atomic E-state index is 12.1. The third-order valence-corrected chi connectivity index (χ3v) is 8.26. The summed E-state index contributed by atoms with van der Waals surface area (Å²) in [5.74, 6) is -0.510. The van der Waals surface area contributed by atoms with E-state index in [1.807, 2.05) is 12.1 Å². The maximum Gasteiger partial charge on any atom is 0.363 e. The first-order chi connectivity index (χ1) is 24.0. The molecule has 3 aliphatic rings. The summed E-state index contributed by atoms with van der Waals surface area (Å²) < 4.78 is 12.1. The molecule has 3 aromatic heterocycles. The van der Waals surface area contributed by atoms with Gasteiger partial charge in [0.15, 0.2) is 18.2 Å². The molecule has 0 radical (unpaired) electrons. The first kappa shape index (κ1) is 39.9. The number of aliphatic hydroxyl groups is 3. The van der Waals surface area contributed by atoms with Crippen LogP contribution in [0.25, 0.3) is 0 Å². The number of rotatable bonds is 4. The zero-order chi connectivity index (χ0) is 36.3. The van der Waals surface area contributed by atoms with Crippen molar-refractivity contribution >= 4 is 28.8 Å². The van der Waals surface area contributed by atoms with Crippen molar-refractivity contribution in [2.24, 2.45) is 0 Å². The maximum absolute atomic E-state index is 12.1. The molecule has 0 amide bonds. The lowest BCUT2D eigenvalue weighted by molar-refractivity contribution is -0.389. The van der Waals surface area contributed by atoms with Gasteiger partial charge >= 0.3 is 11.6 Å². The summed E-state index contributed by atoms with van der Waals surface area (Å²) in [5.41, 5.74) is 7.51. The van der Waals surface area contributed by atoms with Crippen molar-refractivity contribution in [2.45, 2.75) is 76.1 Å². The standard InChI is InChI=1S/C11H15N3O3.C11H17N3O.C6H13NO.C5H3FN2O2/c15-10-2-1-6-13(7-5-10)9-3-4-11(12-8-9)14(16)17;12-11-4-3-9(8-13-11)14-6-1-2-10(15)5-7-14;8-6-2-1-4-7-5-3-6;6-4-1-2-5(7-3-4)8(9)10/h3-4,8,10,15H,1-2,5-7H2;3-4,8,10,15H,1-2,5-7H2,(H2,12,13);6-8H,1-5H2;1-3H. The third-order valence-electron chi connectivity index (χ3n) is 8.26. The van der Waals surface area contributed by atoms with E-state index in [4.69, 9.17) is 10.8 Å². The van der Waals surface area contributed by atoms with E-state index in [1.54, 1.807) is 12.3 Å². The molecule has 3 aliphatic heterocycles. The molecule has 6 rings (SSSR count). The van der Waals surface area contributed by atoms with Crippen LogP contribution in [0.15, 0.2) is 55.0 Å². The summed E-state index contributed by atoms with van der Waals surface area (Å²) in [6.45, 7) is 5.57. The van der Waals surface area contributed by atoms with Crippen LogP contribution in [0, 0.1) is 26.0 Å². The largest absolute Gasteiger partial charge is 0.393 e. The Balaban J connectivity index is 0.000000188. The molecule has 6 heterocycles. The van der Waals surface area contributed by atoms with Crippen LogP contribution >= 0.6 is 0 Å². The average molecular weight is 702 g/mol. The molecule has 0 aromatic carbocycles. The van der Waals surface area contributed by atoms with E-state index >= 15 is 0 Å².